The Hall–Kier alpha value is -1.25. The van der Waals surface area contributed by atoms with Crippen LogP contribution in [0.15, 0.2) is 6.07 Å². The van der Waals surface area contributed by atoms with Crippen molar-refractivity contribution in [1.29, 1.82) is 0 Å². The number of H-pyrrole nitrogens is 1. The van der Waals surface area contributed by atoms with Crippen LogP contribution in [0, 0.1) is 19.8 Å². The van der Waals surface area contributed by atoms with E-state index >= 15 is 0 Å². The number of hydrogen-bond acceptors (Lipinski definition) is 1. The molecule has 0 spiro atoms. The van der Waals surface area contributed by atoms with E-state index in [2.05, 4.69) is 30.2 Å². The van der Waals surface area contributed by atoms with Crippen LogP contribution in [0.2, 0.25) is 0 Å². The average Bonchev–Trinajstić information content (AvgIpc) is 2.56. The predicted molar refractivity (Wildman–Crippen MR) is 66.2 cm³/mol. The largest absolute Gasteiger partial charge is 0.362 e. The highest BCUT2D eigenvalue weighted by Gasteiger charge is 2.13. The normalized spacial score (nSPS) is 10.8. The number of rotatable bonds is 5. The highest BCUT2D eigenvalue weighted by molar-refractivity contribution is 5.78. The molecule has 1 heterocycles. The van der Waals surface area contributed by atoms with Crippen LogP contribution in [-0.2, 0) is 11.3 Å². The van der Waals surface area contributed by atoms with Crippen LogP contribution in [0.5, 0.6) is 0 Å². The second-order valence-electron chi connectivity index (χ2n) is 4.33. The number of aromatic amines is 1. The van der Waals surface area contributed by atoms with E-state index in [9.17, 15) is 4.79 Å². The maximum absolute atomic E-state index is 11.8. The molecule has 0 unspecified atom stereocenters. The van der Waals surface area contributed by atoms with Crippen LogP contribution in [0.25, 0.3) is 0 Å². The molecule has 0 aliphatic heterocycles. The molecule has 3 nitrogen and oxygen atoms in total. The van der Waals surface area contributed by atoms with Crippen molar-refractivity contribution in [2.75, 3.05) is 0 Å². The fourth-order valence-electron chi connectivity index (χ4n) is 1.95. The summed E-state index contributed by atoms with van der Waals surface area (Å²) in [4.78, 5) is 15.0. The highest BCUT2D eigenvalue weighted by Crippen LogP contribution is 2.11. The summed E-state index contributed by atoms with van der Waals surface area (Å²) in [5, 5.41) is 3.00. The first kappa shape index (κ1) is 12.8. The maximum Gasteiger partial charge on any atom is 0.223 e. The lowest BCUT2D eigenvalue weighted by Crippen LogP contribution is -2.29. The molecule has 1 amide bonds. The standard InChI is InChI=1S/C13H22N2O/c1-5-11(6-2)13(16)14-8-12-7-9(3)15-10(12)4/h7,11,15H,5-6,8H2,1-4H3,(H,14,16). The van der Waals surface area contributed by atoms with Crippen molar-refractivity contribution in [3.05, 3.63) is 23.0 Å². The zero-order chi connectivity index (χ0) is 12.1. The molecule has 3 heteroatoms. The van der Waals surface area contributed by atoms with E-state index in [1.807, 2.05) is 13.8 Å². The van der Waals surface area contributed by atoms with E-state index in [1.54, 1.807) is 0 Å². The van der Waals surface area contributed by atoms with Gasteiger partial charge in [-0.1, -0.05) is 13.8 Å². The van der Waals surface area contributed by atoms with Gasteiger partial charge in [-0.2, -0.15) is 0 Å². The molecule has 0 bridgehead atoms. The molecule has 0 aromatic carbocycles. The van der Waals surface area contributed by atoms with Crippen molar-refractivity contribution in [2.45, 2.75) is 47.1 Å². The SMILES string of the molecule is CCC(CC)C(=O)NCc1cc(C)[nH]c1C. The van der Waals surface area contributed by atoms with E-state index in [0.717, 1.165) is 24.2 Å². The smallest absolute Gasteiger partial charge is 0.223 e. The minimum Gasteiger partial charge on any atom is -0.362 e. The molecule has 0 saturated carbocycles. The molecule has 0 aliphatic rings. The summed E-state index contributed by atoms with van der Waals surface area (Å²) in [5.41, 5.74) is 3.46. The monoisotopic (exact) mass is 222 g/mol. The van der Waals surface area contributed by atoms with Crippen molar-refractivity contribution in [3.8, 4) is 0 Å². The number of amides is 1. The van der Waals surface area contributed by atoms with Crippen LogP contribution in [0.4, 0.5) is 0 Å². The molecular formula is C13H22N2O. The Balaban J connectivity index is 2.51. The van der Waals surface area contributed by atoms with Crippen LogP contribution < -0.4 is 5.32 Å². The van der Waals surface area contributed by atoms with Gasteiger partial charge in [-0.05, 0) is 38.3 Å². The molecular weight excluding hydrogens is 200 g/mol. The molecule has 1 aromatic rings. The Morgan fingerprint density at radius 3 is 2.44 bits per heavy atom. The van der Waals surface area contributed by atoms with E-state index < -0.39 is 0 Å². The van der Waals surface area contributed by atoms with Crippen LogP contribution in [-0.4, -0.2) is 10.9 Å². The average molecular weight is 222 g/mol. The van der Waals surface area contributed by atoms with Crippen molar-refractivity contribution in [1.82, 2.24) is 10.3 Å². The fraction of sp³-hybridized carbons (Fsp3) is 0.615. The van der Waals surface area contributed by atoms with Crippen LogP contribution >= 0.6 is 0 Å². The van der Waals surface area contributed by atoms with E-state index in [1.165, 1.54) is 5.56 Å². The lowest BCUT2D eigenvalue weighted by molar-refractivity contribution is -0.125. The topological polar surface area (TPSA) is 44.9 Å². The van der Waals surface area contributed by atoms with Gasteiger partial charge in [0.1, 0.15) is 0 Å². The van der Waals surface area contributed by atoms with Gasteiger partial charge in [-0.3, -0.25) is 4.79 Å². The quantitative estimate of drug-likeness (QED) is 0.790. The number of aryl methyl sites for hydroxylation is 2. The first-order chi connectivity index (χ1) is 7.58. The van der Waals surface area contributed by atoms with E-state index in [-0.39, 0.29) is 11.8 Å². The maximum atomic E-state index is 11.8. The zero-order valence-corrected chi connectivity index (χ0v) is 10.7. The summed E-state index contributed by atoms with van der Waals surface area (Å²) in [5.74, 6) is 0.323. The highest BCUT2D eigenvalue weighted by atomic mass is 16.1. The minimum absolute atomic E-state index is 0.153. The van der Waals surface area contributed by atoms with E-state index in [0.29, 0.717) is 6.54 Å². The fourth-order valence-corrected chi connectivity index (χ4v) is 1.95. The van der Waals surface area contributed by atoms with E-state index in [4.69, 9.17) is 0 Å². The molecule has 2 N–H and O–H groups in total. The van der Waals surface area contributed by atoms with Gasteiger partial charge in [-0.25, -0.2) is 0 Å². The molecule has 1 rings (SSSR count). The zero-order valence-electron chi connectivity index (χ0n) is 10.7. The second kappa shape index (κ2) is 5.73. The first-order valence-electron chi connectivity index (χ1n) is 6.01. The van der Waals surface area contributed by atoms with Gasteiger partial charge in [0.15, 0.2) is 0 Å². The summed E-state index contributed by atoms with van der Waals surface area (Å²) in [6.45, 7) is 8.80. The summed E-state index contributed by atoms with van der Waals surface area (Å²) in [7, 11) is 0. The van der Waals surface area contributed by atoms with Crippen molar-refractivity contribution in [2.24, 2.45) is 5.92 Å². The Kier molecular flexibility index (Phi) is 4.59. The number of hydrogen-bond donors (Lipinski definition) is 2. The predicted octanol–water partition coefficient (Wildman–Crippen LogP) is 2.68. The van der Waals surface area contributed by atoms with Crippen molar-refractivity contribution >= 4 is 5.91 Å². The molecule has 1 aromatic heterocycles. The minimum atomic E-state index is 0.153. The molecule has 0 aliphatic carbocycles. The molecule has 0 atom stereocenters. The summed E-state index contributed by atoms with van der Waals surface area (Å²) in [6.07, 6.45) is 1.82. The Labute approximate surface area is 97.6 Å². The third kappa shape index (κ3) is 3.12. The Morgan fingerprint density at radius 1 is 1.38 bits per heavy atom. The second-order valence-corrected chi connectivity index (χ2v) is 4.33. The molecule has 0 saturated heterocycles. The molecule has 90 valence electrons. The Bertz CT molecular complexity index is 351. The Morgan fingerprint density at radius 2 is 2.00 bits per heavy atom. The molecule has 16 heavy (non-hydrogen) atoms. The van der Waals surface area contributed by atoms with Gasteiger partial charge in [0.2, 0.25) is 5.91 Å². The van der Waals surface area contributed by atoms with Gasteiger partial charge in [-0.15, -0.1) is 0 Å². The summed E-state index contributed by atoms with van der Waals surface area (Å²) >= 11 is 0. The molecule has 0 radical (unpaired) electrons. The molecule has 0 fully saturated rings. The lowest BCUT2D eigenvalue weighted by atomic mass is 10.0. The van der Waals surface area contributed by atoms with Crippen LogP contribution in [0.1, 0.15) is 43.6 Å². The third-order valence-electron chi connectivity index (χ3n) is 3.07. The van der Waals surface area contributed by atoms with Gasteiger partial charge in [0, 0.05) is 23.9 Å². The number of carbonyl (C=O) groups is 1. The van der Waals surface area contributed by atoms with Crippen molar-refractivity contribution < 1.29 is 4.79 Å². The summed E-state index contributed by atoms with van der Waals surface area (Å²) in [6, 6.07) is 2.09. The van der Waals surface area contributed by atoms with Gasteiger partial charge in [0.05, 0.1) is 0 Å². The first-order valence-corrected chi connectivity index (χ1v) is 6.01. The van der Waals surface area contributed by atoms with Gasteiger partial charge in [0.25, 0.3) is 0 Å². The number of aromatic nitrogens is 1. The van der Waals surface area contributed by atoms with Crippen molar-refractivity contribution in [3.63, 3.8) is 0 Å². The summed E-state index contributed by atoms with van der Waals surface area (Å²) < 4.78 is 0. The van der Waals surface area contributed by atoms with Gasteiger partial charge >= 0.3 is 0 Å². The van der Waals surface area contributed by atoms with Crippen LogP contribution in [0.3, 0.4) is 0 Å². The number of nitrogens with one attached hydrogen (secondary N) is 2. The number of carbonyl (C=O) groups excluding carboxylic acids is 1. The third-order valence-corrected chi connectivity index (χ3v) is 3.07. The lowest BCUT2D eigenvalue weighted by Gasteiger charge is -2.12. The van der Waals surface area contributed by atoms with Gasteiger partial charge < -0.3 is 10.3 Å².